The predicted molar refractivity (Wildman–Crippen MR) is 74.7 cm³/mol. The van der Waals surface area contributed by atoms with Crippen molar-refractivity contribution in [2.45, 2.75) is 19.7 Å². The van der Waals surface area contributed by atoms with Gasteiger partial charge in [0, 0.05) is 4.47 Å². The Morgan fingerprint density at radius 1 is 1.10 bits per heavy atom. The molecular weight excluding hydrogens is 333 g/mol. The highest BCUT2D eigenvalue weighted by Crippen LogP contribution is 2.30. The lowest BCUT2D eigenvalue weighted by molar-refractivity contribution is -0.137. The number of benzene rings is 2. The topological polar surface area (TPSA) is 9.23 Å². The molecule has 0 aliphatic heterocycles. The number of halogens is 4. The number of ether oxygens (including phenoxy) is 1. The van der Waals surface area contributed by atoms with Crippen LogP contribution in [0.1, 0.15) is 16.7 Å². The van der Waals surface area contributed by atoms with Gasteiger partial charge in [-0.1, -0.05) is 34.1 Å². The second-order valence-corrected chi connectivity index (χ2v) is 5.31. The summed E-state index contributed by atoms with van der Waals surface area (Å²) >= 11 is 3.33. The van der Waals surface area contributed by atoms with E-state index in [1.54, 1.807) is 12.1 Å². The van der Waals surface area contributed by atoms with E-state index in [2.05, 4.69) is 15.9 Å². The van der Waals surface area contributed by atoms with E-state index in [0.717, 1.165) is 22.2 Å². The van der Waals surface area contributed by atoms with Crippen molar-refractivity contribution in [1.29, 1.82) is 0 Å². The molecule has 5 heteroatoms. The van der Waals surface area contributed by atoms with Crippen LogP contribution in [0.3, 0.4) is 0 Å². The van der Waals surface area contributed by atoms with Crippen LogP contribution < -0.4 is 4.74 Å². The van der Waals surface area contributed by atoms with Crippen molar-refractivity contribution in [3.63, 3.8) is 0 Å². The molecule has 0 N–H and O–H groups in total. The van der Waals surface area contributed by atoms with Crippen LogP contribution in [0.15, 0.2) is 46.9 Å². The zero-order valence-electron chi connectivity index (χ0n) is 10.7. The highest BCUT2D eigenvalue weighted by Gasteiger charge is 2.30. The Morgan fingerprint density at radius 2 is 1.85 bits per heavy atom. The van der Waals surface area contributed by atoms with Gasteiger partial charge in [0.15, 0.2) is 0 Å². The van der Waals surface area contributed by atoms with E-state index < -0.39 is 11.7 Å². The molecule has 1 nitrogen and oxygen atoms in total. The Morgan fingerprint density at radius 3 is 2.55 bits per heavy atom. The zero-order valence-corrected chi connectivity index (χ0v) is 12.3. The van der Waals surface area contributed by atoms with Gasteiger partial charge in [0.05, 0.1) is 5.56 Å². The highest BCUT2D eigenvalue weighted by atomic mass is 79.9. The van der Waals surface area contributed by atoms with Gasteiger partial charge in [0.2, 0.25) is 0 Å². The van der Waals surface area contributed by atoms with Crippen LogP contribution in [-0.2, 0) is 12.8 Å². The molecule has 0 unspecified atom stereocenters. The average Bonchev–Trinajstić information content (AvgIpc) is 2.39. The Kier molecular flexibility index (Phi) is 4.38. The summed E-state index contributed by atoms with van der Waals surface area (Å²) in [5.74, 6) is 0.650. The normalized spacial score (nSPS) is 11.4. The molecule has 0 atom stereocenters. The largest absolute Gasteiger partial charge is 0.489 e. The smallest absolute Gasteiger partial charge is 0.416 e. The number of aryl methyl sites for hydroxylation is 1. The van der Waals surface area contributed by atoms with E-state index in [0.29, 0.717) is 11.3 Å². The first-order chi connectivity index (χ1) is 9.36. The molecule has 0 heterocycles. The minimum absolute atomic E-state index is 0.0984. The fourth-order valence-electron chi connectivity index (χ4n) is 1.73. The summed E-state index contributed by atoms with van der Waals surface area (Å²) in [6.07, 6.45) is -4.33. The fourth-order valence-corrected chi connectivity index (χ4v) is 2.07. The quantitative estimate of drug-likeness (QED) is 0.728. The molecule has 0 radical (unpaired) electrons. The van der Waals surface area contributed by atoms with Crippen LogP contribution in [-0.4, -0.2) is 0 Å². The Hall–Kier alpha value is -1.49. The van der Waals surface area contributed by atoms with Gasteiger partial charge in [-0.3, -0.25) is 0 Å². The van der Waals surface area contributed by atoms with Gasteiger partial charge in [0.1, 0.15) is 12.4 Å². The summed E-state index contributed by atoms with van der Waals surface area (Å²) in [5.41, 5.74) is 0.754. The molecule has 0 saturated heterocycles. The first kappa shape index (κ1) is 14.9. The molecule has 2 aromatic carbocycles. The molecule has 2 rings (SSSR count). The van der Waals surface area contributed by atoms with Gasteiger partial charge in [0.25, 0.3) is 0 Å². The highest BCUT2D eigenvalue weighted by molar-refractivity contribution is 9.10. The second-order valence-electron chi connectivity index (χ2n) is 4.40. The summed E-state index contributed by atoms with van der Waals surface area (Å²) in [4.78, 5) is 0. The van der Waals surface area contributed by atoms with Crippen LogP contribution in [0.5, 0.6) is 5.75 Å². The third kappa shape index (κ3) is 3.76. The van der Waals surface area contributed by atoms with E-state index in [4.69, 9.17) is 4.74 Å². The molecular formula is C15H12BrF3O. The van der Waals surface area contributed by atoms with Gasteiger partial charge in [-0.05, 0) is 42.3 Å². The maximum absolute atomic E-state index is 12.6. The molecule has 0 amide bonds. The van der Waals surface area contributed by atoms with Crippen LogP contribution in [0.2, 0.25) is 0 Å². The minimum Gasteiger partial charge on any atom is -0.489 e. The molecule has 0 fully saturated rings. The summed E-state index contributed by atoms with van der Waals surface area (Å²) < 4.78 is 44.2. The lowest BCUT2D eigenvalue weighted by Crippen LogP contribution is -2.06. The van der Waals surface area contributed by atoms with Crippen LogP contribution >= 0.6 is 15.9 Å². The SMILES string of the molecule is Cc1ccc(Br)cc1OCc1cccc(C(F)(F)F)c1. The standard InChI is InChI=1S/C15H12BrF3O/c1-10-5-6-13(16)8-14(10)20-9-11-3-2-4-12(7-11)15(17,18)19/h2-8H,9H2,1H3. The fraction of sp³-hybridized carbons (Fsp3) is 0.200. The zero-order chi connectivity index (χ0) is 14.8. The van der Waals surface area contributed by atoms with Crippen molar-refractivity contribution < 1.29 is 17.9 Å². The predicted octanol–water partition coefficient (Wildman–Crippen LogP) is 5.36. The van der Waals surface area contributed by atoms with Gasteiger partial charge in [-0.25, -0.2) is 0 Å². The first-order valence-corrected chi connectivity index (χ1v) is 6.70. The van der Waals surface area contributed by atoms with Crippen molar-refractivity contribution in [3.05, 3.63) is 63.6 Å². The molecule has 0 aliphatic rings. The van der Waals surface area contributed by atoms with E-state index in [9.17, 15) is 13.2 Å². The van der Waals surface area contributed by atoms with Gasteiger partial charge in [-0.15, -0.1) is 0 Å². The summed E-state index contributed by atoms with van der Waals surface area (Å²) in [7, 11) is 0. The third-order valence-electron chi connectivity index (χ3n) is 2.80. The van der Waals surface area contributed by atoms with Crippen molar-refractivity contribution in [3.8, 4) is 5.75 Å². The van der Waals surface area contributed by atoms with Crippen molar-refractivity contribution in [2.75, 3.05) is 0 Å². The summed E-state index contributed by atoms with van der Waals surface area (Å²) in [6, 6.07) is 10.7. The lowest BCUT2D eigenvalue weighted by Gasteiger charge is -2.11. The average molecular weight is 345 g/mol. The Labute approximate surface area is 123 Å². The molecule has 0 aromatic heterocycles. The monoisotopic (exact) mass is 344 g/mol. The molecule has 106 valence electrons. The summed E-state index contributed by atoms with van der Waals surface area (Å²) in [6.45, 7) is 1.98. The van der Waals surface area contributed by atoms with E-state index in [-0.39, 0.29) is 6.61 Å². The second kappa shape index (κ2) is 5.87. The number of hydrogen-bond acceptors (Lipinski definition) is 1. The maximum Gasteiger partial charge on any atom is 0.416 e. The number of rotatable bonds is 3. The van der Waals surface area contributed by atoms with Crippen molar-refractivity contribution >= 4 is 15.9 Å². The van der Waals surface area contributed by atoms with Crippen LogP contribution in [0.25, 0.3) is 0 Å². The third-order valence-corrected chi connectivity index (χ3v) is 3.29. The molecule has 0 spiro atoms. The van der Waals surface area contributed by atoms with Gasteiger partial charge < -0.3 is 4.74 Å². The van der Waals surface area contributed by atoms with Crippen LogP contribution in [0, 0.1) is 6.92 Å². The number of alkyl halides is 3. The van der Waals surface area contributed by atoms with Crippen molar-refractivity contribution in [1.82, 2.24) is 0 Å². The summed E-state index contributed by atoms with van der Waals surface area (Å²) in [5, 5.41) is 0. The molecule has 0 aliphatic carbocycles. The molecule has 20 heavy (non-hydrogen) atoms. The minimum atomic E-state index is -4.33. The number of hydrogen-bond donors (Lipinski definition) is 0. The molecule has 0 saturated carbocycles. The Balaban J connectivity index is 2.13. The van der Waals surface area contributed by atoms with E-state index in [1.165, 1.54) is 6.07 Å². The van der Waals surface area contributed by atoms with E-state index >= 15 is 0 Å². The lowest BCUT2D eigenvalue weighted by atomic mass is 10.1. The van der Waals surface area contributed by atoms with Gasteiger partial charge in [-0.2, -0.15) is 13.2 Å². The van der Waals surface area contributed by atoms with E-state index in [1.807, 2.05) is 19.1 Å². The van der Waals surface area contributed by atoms with Crippen molar-refractivity contribution in [2.24, 2.45) is 0 Å². The molecule has 0 bridgehead atoms. The molecule has 2 aromatic rings. The maximum atomic E-state index is 12.6. The Bertz CT molecular complexity index is 608. The first-order valence-electron chi connectivity index (χ1n) is 5.91. The van der Waals surface area contributed by atoms with Crippen LogP contribution in [0.4, 0.5) is 13.2 Å². The van der Waals surface area contributed by atoms with Gasteiger partial charge >= 0.3 is 6.18 Å².